The van der Waals surface area contributed by atoms with E-state index in [4.69, 9.17) is 16.6 Å². The summed E-state index contributed by atoms with van der Waals surface area (Å²) in [6, 6.07) is 7.80. The molecule has 0 saturated carbocycles. The number of aryl methyl sites for hydroxylation is 1. The standard InChI is InChI=1S/C20H24ClN3O/c1-5-24-12-15(13-6-8-14(21)9-7-13)17-16(10-11-22-18(17)24)23-19(25)20(2,3)4/h6-9,12H,5,10-11H2,1-4H3,(H,23,25). The molecule has 1 aromatic heterocycles. The van der Waals surface area contributed by atoms with Crippen LogP contribution in [0.3, 0.4) is 0 Å². The van der Waals surface area contributed by atoms with Crippen LogP contribution in [0.1, 0.15) is 34.1 Å². The van der Waals surface area contributed by atoms with E-state index in [2.05, 4.69) is 23.0 Å². The second-order valence-electron chi connectivity index (χ2n) is 7.35. The van der Waals surface area contributed by atoms with Crippen LogP contribution in [0, 0.1) is 5.41 Å². The molecule has 0 aliphatic carbocycles. The summed E-state index contributed by atoms with van der Waals surface area (Å²) in [5.74, 6) is 0.0293. The molecule has 0 unspecified atom stereocenters. The molecule has 25 heavy (non-hydrogen) atoms. The van der Waals surface area contributed by atoms with Crippen LogP contribution in [0.25, 0.3) is 16.8 Å². The number of aromatic nitrogens is 1. The third-order valence-electron chi connectivity index (χ3n) is 4.42. The molecule has 1 aromatic carbocycles. The van der Waals surface area contributed by atoms with Crippen molar-refractivity contribution in [2.24, 2.45) is 10.4 Å². The molecule has 0 spiro atoms. The van der Waals surface area contributed by atoms with Gasteiger partial charge in [0.25, 0.3) is 0 Å². The topological polar surface area (TPSA) is 46.4 Å². The Morgan fingerprint density at radius 1 is 1.28 bits per heavy atom. The Bertz CT molecular complexity index is 918. The zero-order valence-electron chi connectivity index (χ0n) is 15.2. The van der Waals surface area contributed by atoms with Crippen LogP contribution in [0.5, 0.6) is 0 Å². The van der Waals surface area contributed by atoms with Gasteiger partial charge in [0.15, 0.2) is 0 Å². The number of hydrogen-bond donors (Lipinski definition) is 1. The molecule has 1 N–H and O–H groups in total. The van der Waals surface area contributed by atoms with Crippen LogP contribution >= 0.6 is 11.6 Å². The number of carbonyl (C=O) groups is 1. The molecule has 1 aliphatic heterocycles. The molecule has 4 nitrogen and oxygen atoms in total. The van der Waals surface area contributed by atoms with E-state index in [-0.39, 0.29) is 5.91 Å². The fourth-order valence-electron chi connectivity index (χ4n) is 2.95. The van der Waals surface area contributed by atoms with Gasteiger partial charge in [-0.05, 0) is 24.6 Å². The molecule has 0 atom stereocenters. The fourth-order valence-corrected chi connectivity index (χ4v) is 3.08. The number of hydrogen-bond acceptors (Lipinski definition) is 2. The molecule has 1 aliphatic rings. The molecule has 0 radical (unpaired) electrons. The van der Waals surface area contributed by atoms with E-state index in [1.807, 2.05) is 45.0 Å². The number of carbonyl (C=O) groups excluding carboxylic acids is 1. The Balaban J connectivity index is 2.22. The Hall–Kier alpha value is -2.07. The summed E-state index contributed by atoms with van der Waals surface area (Å²) in [7, 11) is 0. The van der Waals surface area contributed by atoms with Crippen molar-refractivity contribution in [1.29, 1.82) is 0 Å². The predicted molar refractivity (Wildman–Crippen MR) is 102 cm³/mol. The van der Waals surface area contributed by atoms with E-state index in [1.165, 1.54) is 0 Å². The highest BCUT2D eigenvalue weighted by atomic mass is 35.5. The largest absolute Gasteiger partial charge is 0.332 e. The summed E-state index contributed by atoms with van der Waals surface area (Å²) in [5.41, 5.74) is 3.63. The van der Waals surface area contributed by atoms with Crippen LogP contribution in [-0.2, 0) is 11.3 Å². The Morgan fingerprint density at radius 3 is 2.56 bits per heavy atom. The molecule has 1 amide bonds. The molecule has 132 valence electrons. The lowest BCUT2D eigenvalue weighted by Gasteiger charge is -2.20. The van der Waals surface area contributed by atoms with E-state index in [0.29, 0.717) is 11.6 Å². The molecule has 0 bridgehead atoms. The van der Waals surface area contributed by atoms with E-state index < -0.39 is 5.41 Å². The van der Waals surface area contributed by atoms with Crippen molar-refractivity contribution in [2.45, 2.75) is 40.7 Å². The van der Waals surface area contributed by atoms with E-state index in [0.717, 1.165) is 40.5 Å². The number of nitrogens with one attached hydrogen (secondary N) is 1. The van der Waals surface area contributed by atoms with Crippen molar-refractivity contribution in [1.82, 2.24) is 9.88 Å². The summed E-state index contributed by atoms with van der Waals surface area (Å²) >= 11 is 6.04. The lowest BCUT2D eigenvalue weighted by atomic mass is 9.95. The lowest BCUT2D eigenvalue weighted by Crippen LogP contribution is -2.42. The first-order chi connectivity index (χ1) is 11.8. The Kier molecular flexibility index (Phi) is 4.74. The van der Waals surface area contributed by atoms with Crippen LogP contribution in [-0.4, -0.2) is 17.0 Å². The van der Waals surface area contributed by atoms with Crippen molar-refractivity contribution in [3.8, 4) is 11.1 Å². The normalized spacial score (nSPS) is 14.0. The zero-order chi connectivity index (χ0) is 18.2. The number of fused-ring (bicyclic) bond motifs is 1. The highest BCUT2D eigenvalue weighted by Crippen LogP contribution is 2.20. The van der Waals surface area contributed by atoms with Crippen LogP contribution in [0.15, 0.2) is 35.5 Å². The summed E-state index contributed by atoms with van der Waals surface area (Å²) in [4.78, 5) is 17.2. The minimum atomic E-state index is -0.435. The second-order valence-corrected chi connectivity index (χ2v) is 7.79. The van der Waals surface area contributed by atoms with Gasteiger partial charge in [-0.1, -0.05) is 44.5 Å². The van der Waals surface area contributed by atoms with Gasteiger partial charge in [-0.15, -0.1) is 0 Å². The third kappa shape index (κ3) is 3.49. The van der Waals surface area contributed by atoms with Crippen molar-refractivity contribution < 1.29 is 4.79 Å². The quantitative estimate of drug-likeness (QED) is 0.901. The van der Waals surface area contributed by atoms with Crippen molar-refractivity contribution in [3.63, 3.8) is 0 Å². The van der Waals surface area contributed by atoms with E-state index in [1.54, 1.807) is 0 Å². The Morgan fingerprint density at radius 2 is 1.96 bits per heavy atom. The zero-order valence-corrected chi connectivity index (χ0v) is 15.9. The molecular weight excluding hydrogens is 334 g/mol. The first-order valence-corrected chi connectivity index (χ1v) is 9.03. The van der Waals surface area contributed by atoms with Gasteiger partial charge in [-0.25, -0.2) is 0 Å². The maximum atomic E-state index is 12.5. The fraction of sp³-hybridized carbons (Fsp3) is 0.400. The van der Waals surface area contributed by atoms with Gasteiger partial charge in [0, 0.05) is 52.6 Å². The van der Waals surface area contributed by atoms with Crippen LogP contribution in [0.2, 0.25) is 5.02 Å². The van der Waals surface area contributed by atoms with Gasteiger partial charge in [-0.2, -0.15) is 0 Å². The van der Waals surface area contributed by atoms with Gasteiger partial charge >= 0.3 is 0 Å². The first kappa shape index (κ1) is 17.7. The average Bonchev–Trinajstić information content (AvgIpc) is 2.94. The number of amides is 1. The number of halogens is 1. The maximum Gasteiger partial charge on any atom is 0.229 e. The molecule has 0 fully saturated rings. The van der Waals surface area contributed by atoms with Gasteiger partial charge in [0.1, 0.15) is 5.49 Å². The predicted octanol–water partition coefficient (Wildman–Crippen LogP) is 3.12. The maximum absolute atomic E-state index is 12.5. The third-order valence-corrected chi connectivity index (χ3v) is 4.67. The molecule has 3 rings (SSSR count). The highest BCUT2D eigenvalue weighted by Gasteiger charge is 2.24. The van der Waals surface area contributed by atoms with Crippen molar-refractivity contribution in [3.05, 3.63) is 46.2 Å². The summed E-state index contributed by atoms with van der Waals surface area (Å²) < 4.78 is 2.14. The van der Waals surface area contributed by atoms with Crippen LogP contribution in [0.4, 0.5) is 0 Å². The summed E-state index contributed by atoms with van der Waals surface area (Å²) in [6.45, 7) is 9.40. The molecule has 5 heteroatoms. The number of rotatable bonds is 3. The summed E-state index contributed by atoms with van der Waals surface area (Å²) in [6.07, 6.45) is 2.86. The van der Waals surface area contributed by atoms with Gasteiger partial charge in [0.05, 0.1) is 0 Å². The molecule has 2 heterocycles. The monoisotopic (exact) mass is 357 g/mol. The minimum absolute atomic E-state index is 0.0293. The van der Waals surface area contributed by atoms with Gasteiger partial charge < -0.3 is 9.88 Å². The average molecular weight is 358 g/mol. The van der Waals surface area contributed by atoms with Crippen molar-refractivity contribution in [2.75, 3.05) is 6.54 Å². The molecular formula is C20H24ClN3O. The smallest absolute Gasteiger partial charge is 0.229 e. The highest BCUT2D eigenvalue weighted by molar-refractivity contribution is 6.30. The van der Waals surface area contributed by atoms with Gasteiger partial charge in [-0.3, -0.25) is 9.79 Å². The van der Waals surface area contributed by atoms with Crippen LogP contribution < -0.4 is 16.0 Å². The number of nitrogens with zero attached hydrogens (tertiary/aromatic N) is 2. The molecule has 0 saturated heterocycles. The van der Waals surface area contributed by atoms with E-state index in [9.17, 15) is 4.79 Å². The molecule has 2 aromatic rings. The first-order valence-electron chi connectivity index (χ1n) is 8.65. The van der Waals surface area contributed by atoms with E-state index >= 15 is 0 Å². The second kappa shape index (κ2) is 6.68. The van der Waals surface area contributed by atoms with Crippen molar-refractivity contribution >= 4 is 23.2 Å². The Labute approximate surface area is 153 Å². The lowest BCUT2D eigenvalue weighted by molar-refractivity contribution is -0.127. The van der Waals surface area contributed by atoms with Gasteiger partial charge in [0.2, 0.25) is 5.91 Å². The SMILES string of the molecule is CCn1cc(-c2ccc(Cl)cc2)c2c1=NCCC=2NC(=O)C(C)(C)C. The minimum Gasteiger partial charge on any atom is -0.332 e. The number of benzene rings is 1. The summed E-state index contributed by atoms with van der Waals surface area (Å²) in [5, 5.41) is 4.90.